The molecule has 0 amide bonds. The maximum Gasteiger partial charge on any atom is 0.238 e. The zero-order chi connectivity index (χ0) is 99.7. The number of rotatable bonds is 29. The molecule has 0 spiro atoms. The minimum Gasteiger partial charge on any atom is -0.396 e. The van der Waals surface area contributed by atoms with Gasteiger partial charge in [-0.1, -0.05) is 102 Å². The molecule has 20 rings (SSSR count). The highest BCUT2D eigenvalue weighted by Crippen LogP contribution is 2.50. The molecular weight excluding hydrogens is 2440 g/mol. The van der Waals surface area contributed by atoms with Gasteiger partial charge in [0.2, 0.25) is 55.7 Å². The second-order valence-electron chi connectivity index (χ2n) is 34.8. The summed E-state index contributed by atoms with van der Waals surface area (Å²) in [5.74, 6) is -2.19. The van der Waals surface area contributed by atoms with E-state index in [-0.39, 0.29) is 106 Å². The predicted molar refractivity (Wildman–Crippen MR) is 561 cm³/mol. The first-order valence-corrected chi connectivity index (χ1v) is 57.0. The Balaban J connectivity index is 0.000000126. The molecule has 5 saturated carbocycles. The number of halogens is 13. The van der Waals surface area contributed by atoms with Gasteiger partial charge in [-0.25, -0.2) is 79.0 Å². The van der Waals surface area contributed by atoms with Gasteiger partial charge in [0.15, 0.2) is 17.3 Å². The number of anilines is 5. The van der Waals surface area contributed by atoms with E-state index in [0.29, 0.717) is 138 Å². The predicted octanol–water partition coefficient (Wildman–Crippen LogP) is 21.0. The average Bonchev–Trinajstić information content (AvgIpc) is 1.59. The van der Waals surface area contributed by atoms with Gasteiger partial charge >= 0.3 is 0 Å². The van der Waals surface area contributed by atoms with E-state index in [2.05, 4.69) is 85.8 Å². The molecule has 7 N–H and O–H groups in total. The van der Waals surface area contributed by atoms with Crippen LogP contribution < -0.4 is 23.6 Å². The molecular formula is C93H88Br2Cl3F5I3N15O13S5. The number of aliphatic hydroxyl groups is 2. The monoisotopic (exact) mass is 2520 g/mol. The van der Waals surface area contributed by atoms with Crippen LogP contribution in [0.5, 0.6) is 0 Å². The SMILES string of the molecule is Cc1c(Cc2ccc(Br)cc2Cl)c(NS(=O)(=O)C2(CCO)CC2)cn2ccnc12.Cc1c(Cc2ccc(Br)cc2Cl)c(NS(=O)(=O)C2CC2)cn2ccnc12.Cc1nnc2c(Cl)c(Cc3ccc(I)cc3F)c(NS(=O)(=O)C3CC3)cn12.Cc1noc2c(F)c(Cc3ccc(I)cc3F)c(NS(=O)(=O)C3CC3)cc12.Cn1cnc2c(F)c(Cc3ccc(I)cc3F)c(NS(=O)(=O)C3(CCO)CC3)cc21. The Hall–Kier alpha value is -8.18. The number of pyridine rings is 3. The first-order chi connectivity index (χ1) is 65.8. The maximum absolute atomic E-state index is 15.4. The van der Waals surface area contributed by atoms with Crippen LogP contribution in [-0.2, 0) is 89.3 Å². The topological polar surface area (TPSA) is 380 Å². The van der Waals surface area contributed by atoms with Crippen LogP contribution >= 0.6 is 134 Å². The summed E-state index contributed by atoms with van der Waals surface area (Å²) in [7, 11) is -16.3. The van der Waals surface area contributed by atoms with E-state index in [1.807, 2.05) is 133 Å². The van der Waals surface area contributed by atoms with Crippen molar-refractivity contribution in [2.75, 3.05) is 36.8 Å². The number of nitrogens with one attached hydrogen (secondary N) is 5. The van der Waals surface area contributed by atoms with Crippen LogP contribution in [0.25, 0.3) is 38.9 Å². The molecule has 0 aliphatic heterocycles. The number of imidazole rings is 3. The molecule has 46 heteroatoms. The first kappa shape index (κ1) is 104. The summed E-state index contributed by atoms with van der Waals surface area (Å²) in [6, 6.07) is 28.5. The van der Waals surface area contributed by atoms with Gasteiger partial charge in [0.25, 0.3) is 0 Å². The van der Waals surface area contributed by atoms with Crippen molar-refractivity contribution in [3.05, 3.63) is 295 Å². The highest BCUT2D eigenvalue weighted by Gasteiger charge is 2.55. The quantitative estimate of drug-likeness (QED) is 0.0169. The number of hydrogen-bond donors (Lipinski definition) is 7. The molecule has 5 aliphatic carbocycles. The van der Waals surface area contributed by atoms with E-state index in [1.54, 1.807) is 103 Å². The zero-order valence-electron chi connectivity index (χ0n) is 74.4. The summed E-state index contributed by atoms with van der Waals surface area (Å²) in [6.45, 7) is 6.87. The van der Waals surface area contributed by atoms with Crippen molar-refractivity contribution in [2.45, 2.75) is 162 Å². The number of nitrogens with zero attached hydrogens (tertiary/aromatic N) is 10. The molecule has 28 nitrogen and oxygen atoms in total. The van der Waals surface area contributed by atoms with Crippen LogP contribution in [0.15, 0.2) is 166 Å². The first-order valence-electron chi connectivity index (χ1n) is 43.4. The molecule has 8 aromatic heterocycles. The van der Waals surface area contributed by atoms with Crippen LogP contribution in [-0.4, -0.2) is 139 Å². The Bertz CT molecular complexity index is 7830. The molecule has 139 heavy (non-hydrogen) atoms. The lowest BCUT2D eigenvalue weighted by atomic mass is 10.0. The Morgan fingerprint density at radius 1 is 0.475 bits per heavy atom. The third-order valence-corrected chi connectivity index (χ3v) is 39.1. The average molecular weight is 2530 g/mol. The summed E-state index contributed by atoms with van der Waals surface area (Å²) < 4.78 is 228. The molecule has 5 aliphatic rings. The summed E-state index contributed by atoms with van der Waals surface area (Å²) in [4.78, 5) is 12.9. The molecule has 0 radical (unpaired) electrons. The summed E-state index contributed by atoms with van der Waals surface area (Å²) >= 11 is 32.2. The van der Waals surface area contributed by atoms with E-state index >= 15 is 8.78 Å². The summed E-state index contributed by atoms with van der Waals surface area (Å²) in [5, 5.41) is 31.1. The molecule has 0 saturated heterocycles. The van der Waals surface area contributed by atoms with Gasteiger partial charge in [0.1, 0.15) is 40.1 Å². The second kappa shape index (κ2) is 41.5. The molecule has 0 atom stereocenters. The lowest BCUT2D eigenvalue weighted by Crippen LogP contribution is -2.31. The summed E-state index contributed by atoms with van der Waals surface area (Å²) in [5.41, 5.74) is 11.3. The van der Waals surface area contributed by atoms with E-state index in [9.17, 15) is 65.5 Å². The van der Waals surface area contributed by atoms with Gasteiger partial charge in [0.05, 0.1) is 76.2 Å². The van der Waals surface area contributed by atoms with E-state index in [1.165, 1.54) is 36.7 Å². The minimum absolute atomic E-state index is 0.0305. The molecule has 734 valence electrons. The number of sulfonamides is 5. The van der Waals surface area contributed by atoms with Crippen molar-refractivity contribution in [3.8, 4) is 0 Å². The highest BCUT2D eigenvalue weighted by molar-refractivity contribution is 14.1. The normalized spacial score (nSPS) is 15.1. The lowest BCUT2D eigenvalue weighted by molar-refractivity contribution is 0.282. The molecule has 0 unspecified atom stereocenters. The molecule has 7 aromatic carbocycles. The Kier molecular flexibility index (Phi) is 31.0. The van der Waals surface area contributed by atoms with Gasteiger partial charge in [-0.3, -0.25) is 28.0 Å². The van der Waals surface area contributed by atoms with Gasteiger partial charge in [-0.05, 0) is 295 Å². The van der Waals surface area contributed by atoms with Crippen molar-refractivity contribution in [1.82, 2.24) is 48.1 Å². The number of fused-ring (bicyclic) bond motifs is 5. The molecule has 8 heterocycles. The smallest absolute Gasteiger partial charge is 0.238 e. The van der Waals surface area contributed by atoms with Crippen LogP contribution in [0.4, 0.5) is 50.4 Å². The minimum atomic E-state index is -3.88. The number of aliphatic hydroxyl groups excluding tert-OH is 2. The zero-order valence-corrected chi connectivity index (χ0v) is 90.4. The number of aryl methyl sites for hydroxylation is 5. The van der Waals surface area contributed by atoms with Gasteiger partial charge in [0, 0.05) is 148 Å². The van der Waals surface area contributed by atoms with E-state index in [4.69, 9.17) is 39.3 Å². The van der Waals surface area contributed by atoms with Crippen LogP contribution in [0, 0.1) is 67.5 Å². The van der Waals surface area contributed by atoms with Crippen molar-refractivity contribution in [2.24, 2.45) is 7.05 Å². The van der Waals surface area contributed by atoms with E-state index < -0.39 is 93.4 Å². The highest BCUT2D eigenvalue weighted by atomic mass is 127. The number of aromatic nitrogens is 10. The van der Waals surface area contributed by atoms with Crippen molar-refractivity contribution in [3.63, 3.8) is 0 Å². The molecule has 0 bridgehead atoms. The Morgan fingerprint density at radius 3 is 1.29 bits per heavy atom. The van der Waals surface area contributed by atoms with Gasteiger partial charge in [-0.2, -0.15) is 0 Å². The van der Waals surface area contributed by atoms with Crippen molar-refractivity contribution >= 4 is 252 Å². The number of benzene rings is 7. The standard InChI is InChI=1S/C20H21BrClN3O3S.C20H20F2IN3O3S.C18H17BrClN3O2S.C18H15F2IN2O3S.C17H15ClFIN4O2S/c1-13-16(10-14-2-3-15(21)11-17(14)22)18(12-25-8-7-23-19(13)25)24-29(27,28)20(4-5-20)6-9-26;1-26-11-24-19-17(26)10-16(25-30(28,29)20(4-5-20)6-7-27)14(18(19)22)8-12-2-3-13(23)9-15(12)21;1-11-15(8-12-2-3-13(19)9-16(12)20)17(10-23-7-6-21-18(11)23)22-26(24,25)14-4-5-14;1-9-13-8-16(23-27(24,25)12-4-5-12)14(17(20)18(13)26-22-9)6-10-2-3-11(21)7-15(10)19;1-9-21-22-17-16(18)13(6-10-2-3-11(20)7-14(10)19)15(8-24(9)17)23-27(25,26)12-4-5-12/h2-3,7-8,11-12,24,26H,4-6,9-10H2,1H3;2-3,9-11,25,27H,4-8H2,1H3;2-3,6-7,9-10,14,22H,4-5,8H2,1H3;2*2-3,7-8,12,23H,4-6H2,1H3. The third kappa shape index (κ3) is 23.0. The summed E-state index contributed by atoms with van der Waals surface area (Å²) in [6.07, 6.45) is 20.6. The van der Waals surface area contributed by atoms with Crippen molar-refractivity contribution < 1.29 is 78.8 Å². The fraction of sp³-hybridized carbons (Fsp3) is 0.312. The lowest BCUT2D eigenvalue weighted by Gasteiger charge is -2.21. The van der Waals surface area contributed by atoms with Crippen LogP contribution in [0.1, 0.15) is 155 Å². The fourth-order valence-electron chi connectivity index (χ4n) is 16.2. The third-order valence-electron chi connectivity index (χ3n) is 25.0. The van der Waals surface area contributed by atoms with Crippen LogP contribution in [0.2, 0.25) is 15.1 Å². The van der Waals surface area contributed by atoms with Crippen LogP contribution in [0.3, 0.4) is 0 Å². The number of hydrogen-bond acceptors (Lipinski definition) is 19. The molecule has 15 aromatic rings. The second-order valence-corrected chi connectivity index (χ2v) is 51.6. The van der Waals surface area contributed by atoms with E-state index in [0.717, 1.165) is 70.0 Å². The molecule has 5 fully saturated rings. The van der Waals surface area contributed by atoms with Crippen molar-refractivity contribution in [1.29, 1.82) is 0 Å². The van der Waals surface area contributed by atoms with Gasteiger partial charge in [-0.15, -0.1) is 10.2 Å². The Morgan fingerprint density at radius 2 is 0.871 bits per heavy atom. The Labute approximate surface area is 870 Å². The maximum atomic E-state index is 15.4. The largest absolute Gasteiger partial charge is 0.396 e. The fourth-order valence-corrected chi connectivity index (χ4v) is 26.9. The van der Waals surface area contributed by atoms with Gasteiger partial charge < -0.3 is 28.1 Å².